The molecule has 0 N–H and O–H groups in total. The summed E-state index contributed by atoms with van der Waals surface area (Å²) in [7, 11) is 0. The van der Waals surface area contributed by atoms with Crippen molar-refractivity contribution in [1.29, 1.82) is 0 Å². The third kappa shape index (κ3) is 3.27. The molecular formula is C22H17NO4. The van der Waals surface area contributed by atoms with E-state index in [1.807, 2.05) is 42.5 Å². The van der Waals surface area contributed by atoms with Gasteiger partial charge in [-0.05, 0) is 42.3 Å². The van der Waals surface area contributed by atoms with E-state index in [0.717, 1.165) is 11.1 Å². The molecule has 1 aromatic heterocycles. The van der Waals surface area contributed by atoms with Crippen LogP contribution in [0.25, 0.3) is 22.2 Å². The summed E-state index contributed by atoms with van der Waals surface area (Å²) in [6.07, 6.45) is 0. The zero-order valence-electron chi connectivity index (χ0n) is 14.7. The Bertz CT molecular complexity index is 1140. The highest BCUT2D eigenvalue weighted by molar-refractivity contribution is 5.80. The highest BCUT2D eigenvalue weighted by Crippen LogP contribution is 2.23. The van der Waals surface area contributed by atoms with Gasteiger partial charge in [-0.3, -0.25) is 4.57 Å². The summed E-state index contributed by atoms with van der Waals surface area (Å²) in [5, 5.41) is 0. The van der Waals surface area contributed by atoms with Crippen LogP contribution in [0.3, 0.4) is 0 Å². The molecule has 4 rings (SSSR count). The molecule has 5 heteroatoms. The lowest BCUT2D eigenvalue weighted by molar-refractivity contribution is -0.137. The Hall–Kier alpha value is -3.60. The predicted molar refractivity (Wildman–Crippen MR) is 103 cm³/mol. The fourth-order valence-corrected chi connectivity index (χ4v) is 3.00. The largest absolute Gasteiger partial charge is 0.425 e. The van der Waals surface area contributed by atoms with Crippen molar-refractivity contribution < 1.29 is 13.9 Å². The SMILES string of the molecule is CC(C(=O)Oc1ccc(-c2ccccc2)cc1)n1c(=O)oc2ccccc21. The number of esters is 1. The first kappa shape index (κ1) is 16.8. The van der Waals surface area contributed by atoms with Gasteiger partial charge in [0.25, 0.3) is 0 Å². The molecule has 0 saturated heterocycles. The smallest absolute Gasteiger partial charge is 0.420 e. The summed E-state index contributed by atoms with van der Waals surface area (Å²) in [4.78, 5) is 24.7. The third-order valence-electron chi connectivity index (χ3n) is 4.43. The Kier molecular flexibility index (Phi) is 4.34. The molecule has 0 amide bonds. The van der Waals surface area contributed by atoms with Crippen molar-refractivity contribution in [3.8, 4) is 16.9 Å². The summed E-state index contributed by atoms with van der Waals surface area (Å²) in [6.45, 7) is 1.62. The lowest BCUT2D eigenvalue weighted by Gasteiger charge is -2.12. The van der Waals surface area contributed by atoms with Crippen molar-refractivity contribution in [1.82, 2.24) is 4.57 Å². The second kappa shape index (κ2) is 6.96. The first-order valence-corrected chi connectivity index (χ1v) is 8.61. The van der Waals surface area contributed by atoms with Gasteiger partial charge in [0, 0.05) is 0 Å². The second-order valence-electron chi connectivity index (χ2n) is 6.19. The van der Waals surface area contributed by atoms with E-state index in [-0.39, 0.29) is 0 Å². The molecule has 0 spiro atoms. The average Bonchev–Trinajstić information content (AvgIpc) is 3.04. The van der Waals surface area contributed by atoms with E-state index >= 15 is 0 Å². The number of para-hydroxylation sites is 2. The summed E-state index contributed by atoms with van der Waals surface area (Å²) in [6, 6.07) is 23.4. The minimum absolute atomic E-state index is 0.424. The molecule has 1 atom stereocenters. The number of fused-ring (bicyclic) bond motifs is 1. The number of rotatable bonds is 4. The van der Waals surface area contributed by atoms with E-state index in [0.29, 0.717) is 16.8 Å². The van der Waals surface area contributed by atoms with Crippen LogP contribution >= 0.6 is 0 Å². The molecule has 1 unspecified atom stereocenters. The molecule has 0 fully saturated rings. The van der Waals surface area contributed by atoms with Crippen LogP contribution in [0, 0.1) is 0 Å². The number of ether oxygens (including phenoxy) is 1. The Morgan fingerprint density at radius 1 is 0.889 bits per heavy atom. The van der Waals surface area contributed by atoms with E-state index in [1.165, 1.54) is 4.57 Å². The van der Waals surface area contributed by atoms with Gasteiger partial charge in [-0.1, -0.05) is 54.6 Å². The van der Waals surface area contributed by atoms with E-state index in [2.05, 4.69) is 0 Å². The highest BCUT2D eigenvalue weighted by Gasteiger charge is 2.23. The maximum atomic E-state index is 12.5. The van der Waals surface area contributed by atoms with Gasteiger partial charge in [0.15, 0.2) is 5.58 Å². The third-order valence-corrected chi connectivity index (χ3v) is 4.43. The van der Waals surface area contributed by atoms with Crippen LogP contribution in [0.5, 0.6) is 5.75 Å². The molecular weight excluding hydrogens is 342 g/mol. The summed E-state index contributed by atoms with van der Waals surface area (Å²) in [5.41, 5.74) is 3.11. The number of aromatic nitrogens is 1. The van der Waals surface area contributed by atoms with Gasteiger partial charge in [0.1, 0.15) is 11.8 Å². The summed E-state index contributed by atoms with van der Waals surface area (Å²) in [5.74, 6) is -0.691. The number of carbonyl (C=O) groups excluding carboxylic acids is 1. The lowest BCUT2D eigenvalue weighted by atomic mass is 10.1. The van der Waals surface area contributed by atoms with Crippen LogP contribution in [0.15, 0.2) is 88.1 Å². The van der Waals surface area contributed by atoms with Crippen molar-refractivity contribution in [2.24, 2.45) is 0 Å². The molecule has 4 aromatic rings. The summed E-state index contributed by atoms with van der Waals surface area (Å²) < 4.78 is 11.9. The van der Waals surface area contributed by atoms with Crippen LogP contribution < -0.4 is 10.5 Å². The number of nitrogens with zero attached hydrogens (tertiary/aromatic N) is 1. The van der Waals surface area contributed by atoms with Gasteiger partial charge in [-0.2, -0.15) is 0 Å². The molecule has 0 saturated carbocycles. The zero-order chi connectivity index (χ0) is 18.8. The van der Waals surface area contributed by atoms with Crippen molar-refractivity contribution in [3.05, 3.63) is 89.4 Å². The molecule has 0 bridgehead atoms. The normalized spacial score (nSPS) is 12.0. The first-order chi connectivity index (χ1) is 13.1. The fourth-order valence-electron chi connectivity index (χ4n) is 3.00. The second-order valence-corrected chi connectivity index (χ2v) is 6.19. The number of hydrogen-bond donors (Lipinski definition) is 0. The summed E-state index contributed by atoms with van der Waals surface area (Å²) >= 11 is 0. The Labute approximate surface area is 155 Å². The molecule has 1 heterocycles. The maximum Gasteiger partial charge on any atom is 0.420 e. The van der Waals surface area contributed by atoms with Crippen molar-refractivity contribution in [3.63, 3.8) is 0 Å². The predicted octanol–water partition coefficient (Wildman–Crippen LogP) is 4.43. The molecule has 0 radical (unpaired) electrons. The molecule has 5 nitrogen and oxygen atoms in total. The molecule has 27 heavy (non-hydrogen) atoms. The van der Waals surface area contributed by atoms with Crippen molar-refractivity contribution >= 4 is 17.1 Å². The maximum absolute atomic E-state index is 12.5. The van der Waals surface area contributed by atoms with Crippen LogP contribution in [-0.2, 0) is 4.79 Å². The van der Waals surface area contributed by atoms with E-state index in [4.69, 9.17) is 9.15 Å². The highest BCUT2D eigenvalue weighted by atomic mass is 16.5. The van der Waals surface area contributed by atoms with Crippen molar-refractivity contribution in [2.45, 2.75) is 13.0 Å². The first-order valence-electron chi connectivity index (χ1n) is 8.61. The standard InChI is InChI=1S/C22H17NO4/c1-15(23-19-9-5-6-10-20(19)27-22(23)25)21(24)26-18-13-11-17(12-14-18)16-7-3-2-4-8-16/h2-15H,1H3. The van der Waals surface area contributed by atoms with Gasteiger partial charge in [0.2, 0.25) is 0 Å². The monoisotopic (exact) mass is 359 g/mol. The van der Waals surface area contributed by atoms with Gasteiger partial charge in [-0.25, -0.2) is 9.59 Å². The molecule has 0 aliphatic rings. The fraction of sp³-hybridized carbons (Fsp3) is 0.0909. The molecule has 0 aliphatic carbocycles. The quantitative estimate of drug-likeness (QED) is 0.399. The van der Waals surface area contributed by atoms with Crippen LogP contribution in [-0.4, -0.2) is 10.5 Å². The van der Waals surface area contributed by atoms with Gasteiger partial charge >= 0.3 is 11.7 Å². The average molecular weight is 359 g/mol. The lowest BCUT2D eigenvalue weighted by Crippen LogP contribution is -2.28. The van der Waals surface area contributed by atoms with Gasteiger partial charge in [-0.15, -0.1) is 0 Å². The minimum Gasteiger partial charge on any atom is -0.425 e. The van der Waals surface area contributed by atoms with E-state index < -0.39 is 17.8 Å². The van der Waals surface area contributed by atoms with Gasteiger partial charge in [0.05, 0.1) is 5.52 Å². The number of oxazole rings is 1. The molecule has 0 aliphatic heterocycles. The van der Waals surface area contributed by atoms with Crippen LogP contribution in [0.4, 0.5) is 0 Å². The Morgan fingerprint density at radius 3 is 2.26 bits per heavy atom. The Balaban J connectivity index is 1.55. The van der Waals surface area contributed by atoms with Crippen molar-refractivity contribution in [2.75, 3.05) is 0 Å². The topological polar surface area (TPSA) is 61.4 Å². The van der Waals surface area contributed by atoms with Crippen LogP contribution in [0.2, 0.25) is 0 Å². The molecule has 134 valence electrons. The van der Waals surface area contributed by atoms with Gasteiger partial charge < -0.3 is 9.15 Å². The van der Waals surface area contributed by atoms with E-state index in [1.54, 1.807) is 43.3 Å². The Morgan fingerprint density at radius 2 is 1.52 bits per heavy atom. The molecule has 3 aromatic carbocycles. The van der Waals surface area contributed by atoms with Crippen LogP contribution in [0.1, 0.15) is 13.0 Å². The minimum atomic E-state index is -0.810. The zero-order valence-corrected chi connectivity index (χ0v) is 14.7. The van der Waals surface area contributed by atoms with E-state index in [9.17, 15) is 9.59 Å². The number of benzene rings is 3. The number of carbonyl (C=O) groups is 1. The number of hydrogen-bond acceptors (Lipinski definition) is 4.